The highest BCUT2D eigenvalue weighted by atomic mass is 32.2. The molecular weight excluding hydrogens is 268 g/mol. The van der Waals surface area contributed by atoms with Gasteiger partial charge < -0.3 is 9.47 Å². The number of methoxy groups -OCH3 is 1. The molecule has 0 N–H and O–H groups in total. The summed E-state index contributed by atoms with van der Waals surface area (Å²) in [5.74, 6) is 3.99. The van der Waals surface area contributed by atoms with Gasteiger partial charge in [-0.15, -0.1) is 0 Å². The van der Waals surface area contributed by atoms with Crippen molar-refractivity contribution < 1.29 is 9.47 Å². The molecule has 1 fully saturated rings. The van der Waals surface area contributed by atoms with Crippen LogP contribution in [0.5, 0.6) is 5.75 Å². The number of ether oxygens (including phenoxy) is 2. The lowest BCUT2D eigenvalue weighted by Crippen LogP contribution is -2.15. The summed E-state index contributed by atoms with van der Waals surface area (Å²) in [6, 6.07) is 12.8. The molecule has 2 aromatic rings. The van der Waals surface area contributed by atoms with Gasteiger partial charge in [0.05, 0.1) is 0 Å². The maximum atomic E-state index is 5.98. The lowest BCUT2D eigenvalue weighted by molar-refractivity contribution is -0.0388. The molecule has 2 aromatic carbocycles. The molecule has 0 spiro atoms. The Labute approximate surface area is 124 Å². The molecule has 2 atom stereocenters. The van der Waals surface area contributed by atoms with Gasteiger partial charge in [-0.2, -0.15) is 11.8 Å². The first-order chi connectivity index (χ1) is 9.79. The van der Waals surface area contributed by atoms with E-state index in [9.17, 15) is 0 Å². The number of hydrogen-bond donors (Lipinski definition) is 0. The van der Waals surface area contributed by atoms with Crippen LogP contribution >= 0.6 is 11.8 Å². The van der Waals surface area contributed by atoms with Gasteiger partial charge in [-0.1, -0.05) is 30.3 Å². The molecule has 20 heavy (non-hydrogen) atoms. The van der Waals surface area contributed by atoms with E-state index in [0.29, 0.717) is 5.92 Å². The van der Waals surface area contributed by atoms with Crippen LogP contribution in [0.2, 0.25) is 0 Å². The number of thioether (sulfide) groups is 1. The fourth-order valence-electron chi connectivity index (χ4n) is 2.79. The molecule has 1 aliphatic heterocycles. The van der Waals surface area contributed by atoms with Gasteiger partial charge in [0, 0.05) is 18.4 Å². The third kappa shape index (κ3) is 2.65. The average molecular weight is 288 g/mol. The van der Waals surface area contributed by atoms with E-state index in [0.717, 1.165) is 5.75 Å². The predicted octanol–water partition coefficient (Wildman–Crippen LogP) is 4.43. The van der Waals surface area contributed by atoms with Crippen molar-refractivity contribution in [1.29, 1.82) is 0 Å². The zero-order valence-electron chi connectivity index (χ0n) is 12.0. The van der Waals surface area contributed by atoms with Gasteiger partial charge in [0.2, 0.25) is 0 Å². The van der Waals surface area contributed by atoms with Gasteiger partial charge in [0.15, 0.2) is 6.29 Å². The van der Waals surface area contributed by atoms with Crippen molar-refractivity contribution in [2.75, 3.05) is 18.6 Å². The maximum Gasteiger partial charge on any atom is 0.196 e. The van der Waals surface area contributed by atoms with Crippen LogP contribution in [-0.2, 0) is 4.74 Å². The normalized spacial score (nSPS) is 20.2. The molecule has 3 heteroatoms. The van der Waals surface area contributed by atoms with Crippen molar-refractivity contribution in [3.63, 3.8) is 0 Å². The molecule has 0 aromatic heterocycles. The van der Waals surface area contributed by atoms with E-state index in [1.807, 2.05) is 18.7 Å². The summed E-state index contributed by atoms with van der Waals surface area (Å²) in [4.78, 5) is 0. The van der Waals surface area contributed by atoms with Gasteiger partial charge in [-0.25, -0.2) is 0 Å². The third-order valence-corrected chi connectivity index (χ3v) is 5.06. The van der Waals surface area contributed by atoms with Crippen LogP contribution in [0.25, 0.3) is 10.8 Å². The molecule has 2 unspecified atom stereocenters. The fraction of sp³-hybridized carbons (Fsp3) is 0.412. The van der Waals surface area contributed by atoms with E-state index >= 15 is 0 Å². The Hall–Kier alpha value is -1.19. The summed E-state index contributed by atoms with van der Waals surface area (Å²) >= 11 is 2.03. The van der Waals surface area contributed by atoms with Crippen LogP contribution in [0, 0.1) is 0 Å². The predicted molar refractivity (Wildman–Crippen MR) is 85.7 cm³/mol. The maximum absolute atomic E-state index is 5.98. The largest absolute Gasteiger partial charge is 0.465 e. The first kappa shape index (κ1) is 13.8. The van der Waals surface area contributed by atoms with E-state index in [-0.39, 0.29) is 6.29 Å². The Balaban J connectivity index is 2.10. The molecule has 0 amide bonds. The molecule has 0 aliphatic carbocycles. The van der Waals surface area contributed by atoms with Gasteiger partial charge in [-0.05, 0) is 41.9 Å². The Morgan fingerprint density at radius 1 is 1.20 bits per heavy atom. The number of benzene rings is 2. The standard InChI is InChI=1S/C17H20O2S/c1-12(18-2)19-16-8-7-13-5-3-4-6-15(13)17(16)14-9-10-20-11-14/h3-8,12,14H,9-11H2,1-2H3. The minimum absolute atomic E-state index is 0.219. The van der Waals surface area contributed by atoms with Crippen LogP contribution in [0.3, 0.4) is 0 Å². The first-order valence-electron chi connectivity index (χ1n) is 7.08. The van der Waals surface area contributed by atoms with Crippen LogP contribution in [0.15, 0.2) is 36.4 Å². The number of fused-ring (bicyclic) bond motifs is 1. The van der Waals surface area contributed by atoms with Crippen molar-refractivity contribution in [3.05, 3.63) is 42.0 Å². The molecule has 0 bridgehead atoms. The Morgan fingerprint density at radius 2 is 2.05 bits per heavy atom. The summed E-state index contributed by atoms with van der Waals surface area (Å²) in [5, 5.41) is 2.61. The van der Waals surface area contributed by atoms with Crippen molar-refractivity contribution in [2.45, 2.75) is 25.6 Å². The lowest BCUT2D eigenvalue weighted by atomic mass is 9.92. The Kier molecular flexibility index (Phi) is 4.18. The summed E-state index contributed by atoms with van der Waals surface area (Å²) in [7, 11) is 1.68. The van der Waals surface area contributed by atoms with E-state index in [1.165, 1.54) is 34.3 Å². The highest BCUT2D eigenvalue weighted by Crippen LogP contribution is 2.41. The van der Waals surface area contributed by atoms with E-state index in [4.69, 9.17) is 9.47 Å². The second-order valence-electron chi connectivity index (χ2n) is 5.18. The minimum atomic E-state index is -0.219. The molecular formula is C17H20O2S. The molecule has 0 saturated carbocycles. The SMILES string of the molecule is COC(C)Oc1ccc2ccccc2c1C1CCSC1. The summed E-state index contributed by atoms with van der Waals surface area (Å²) < 4.78 is 11.2. The molecule has 1 saturated heterocycles. The number of hydrogen-bond acceptors (Lipinski definition) is 3. The van der Waals surface area contributed by atoms with E-state index in [1.54, 1.807) is 7.11 Å². The van der Waals surface area contributed by atoms with Crippen LogP contribution < -0.4 is 4.74 Å². The van der Waals surface area contributed by atoms with Crippen molar-refractivity contribution in [2.24, 2.45) is 0 Å². The first-order valence-corrected chi connectivity index (χ1v) is 8.24. The van der Waals surface area contributed by atoms with E-state index in [2.05, 4.69) is 36.4 Å². The zero-order valence-corrected chi connectivity index (χ0v) is 12.8. The highest BCUT2D eigenvalue weighted by Gasteiger charge is 2.24. The van der Waals surface area contributed by atoms with Gasteiger partial charge in [0.25, 0.3) is 0 Å². The van der Waals surface area contributed by atoms with Gasteiger partial charge >= 0.3 is 0 Å². The van der Waals surface area contributed by atoms with Crippen molar-refractivity contribution in [1.82, 2.24) is 0 Å². The molecule has 1 heterocycles. The molecule has 2 nitrogen and oxygen atoms in total. The third-order valence-electron chi connectivity index (χ3n) is 3.89. The topological polar surface area (TPSA) is 18.5 Å². The summed E-state index contributed by atoms with van der Waals surface area (Å²) in [6.45, 7) is 1.93. The number of rotatable bonds is 4. The Morgan fingerprint density at radius 3 is 2.80 bits per heavy atom. The lowest BCUT2D eigenvalue weighted by Gasteiger charge is -2.21. The highest BCUT2D eigenvalue weighted by molar-refractivity contribution is 7.99. The van der Waals surface area contributed by atoms with Crippen LogP contribution in [0.1, 0.15) is 24.8 Å². The Bertz CT molecular complexity index is 591. The monoisotopic (exact) mass is 288 g/mol. The summed E-state index contributed by atoms with van der Waals surface area (Å²) in [6.07, 6.45) is 1.01. The fourth-order valence-corrected chi connectivity index (χ4v) is 4.02. The summed E-state index contributed by atoms with van der Waals surface area (Å²) in [5.41, 5.74) is 1.36. The molecule has 1 aliphatic rings. The second-order valence-corrected chi connectivity index (χ2v) is 6.33. The van der Waals surface area contributed by atoms with Crippen molar-refractivity contribution in [3.8, 4) is 5.75 Å². The second kappa shape index (κ2) is 6.06. The molecule has 106 valence electrons. The van der Waals surface area contributed by atoms with Crippen LogP contribution in [0.4, 0.5) is 0 Å². The van der Waals surface area contributed by atoms with Gasteiger partial charge in [0.1, 0.15) is 5.75 Å². The molecule has 3 rings (SSSR count). The minimum Gasteiger partial charge on any atom is -0.465 e. The smallest absolute Gasteiger partial charge is 0.196 e. The zero-order chi connectivity index (χ0) is 13.9. The van der Waals surface area contributed by atoms with E-state index < -0.39 is 0 Å². The average Bonchev–Trinajstić information content (AvgIpc) is 3.00. The van der Waals surface area contributed by atoms with Crippen molar-refractivity contribution >= 4 is 22.5 Å². The molecule has 0 radical (unpaired) electrons. The quantitative estimate of drug-likeness (QED) is 0.775. The van der Waals surface area contributed by atoms with Gasteiger partial charge in [-0.3, -0.25) is 0 Å². The van der Waals surface area contributed by atoms with Crippen LogP contribution in [-0.4, -0.2) is 24.9 Å².